The molecule has 0 saturated heterocycles. The Kier molecular flexibility index (Phi) is 7.07. The van der Waals surface area contributed by atoms with Gasteiger partial charge in [0.15, 0.2) is 17.3 Å². The van der Waals surface area contributed by atoms with Gasteiger partial charge in [-0.05, 0) is 46.5 Å². The molecule has 7 heteroatoms. The van der Waals surface area contributed by atoms with Crippen molar-refractivity contribution < 1.29 is 19.1 Å². The topological polar surface area (TPSA) is 82.5 Å². The number of hydrogen-bond acceptors (Lipinski definition) is 5. The summed E-state index contributed by atoms with van der Waals surface area (Å²) in [7, 11) is 0. The van der Waals surface area contributed by atoms with Crippen LogP contribution in [0, 0.1) is 0 Å². The average molecular weight is 482 g/mol. The normalized spacial score (nSPS) is 12.2. The highest BCUT2D eigenvalue weighted by molar-refractivity contribution is 5.98. The third-order valence-corrected chi connectivity index (χ3v) is 6.11. The summed E-state index contributed by atoms with van der Waals surface area (Å²) in [5.74, 6) is 0.951. The molecule has 1 aliphatic heterocycles. The van der Waals surface area contributed by atoms with Crippen LogP contribution in [0.5, 0.6) is 11.5 Å². The minimum Gasteiger partial charge on any atom is -0.486 e. The molecule has 1 aliphatic rings. The van der Waals surface area contributed by atoms with Crippen LogP contribution in [0.4, 0.5) is 0 Å². The quantitative estimate of drug-likeness (QED) is 0.352. The van der Waals surface area contributed by atoms with E-state index in [0.717, 1.165) is 28.8 Å². The Balaban J connectivity index is 1.16. The van der Waals surface area contributed by atoms with Crippen LogP contribution < -0.4 is 14.8 Å². The van der Waals surface area contributed by atoms with Crippen molar-refractivity contribution in [2.24, 2.45) is 0 Å². The summed E-state index contributed by atoms with van der Waals surface area (Å²) >= 11 is 0. The second-order valence-corrected chi connectivity index (χ2v) is 8.62. The maximum Gasteiger partial charge on any atom is 0.220 e. The molecule has 4 aromatic rings. The van der Waals surface area contributed by atoms with Crippen molar-refractivity contribution in [2.45, 2.75) is 25.9 Å². The first-order valence-electron chi connectivity index (χ1n) is 12.0. The third-order valence-electron chi connectivity index (χ3n) is 6.11. The average Bonchev–Trinajstić information content (AvgIpc) is 3.44. The number of rotatable bonds is 9. The van der Waals surface area contributed by atoms with Crippen LogP contribution in [0.2, 0.25) is 0 Å². The van der Waals surface area contributed by atoms with E-state index >= 15 is 0 Å². The van der Waals surface area contributed by atoms with Crippen LogP contribution in [0.15, 0.2) is 85.2 Å². The van der Waals surface area contributed by atoms with Gasteiger partial charge in [-0.3, -0.25) is 14.3 Å². The van der Waals surface area contributed by atoms with E-state index in [1.165, 1.54) is 0 Å². The van der Waals surface area contributed by atoms with Gasteiger partial charge < -0.3 is 14.8 Å². The molecule has 7 nitrogen and oxygen atoms in total. The molecule has 0 bridgehead atoms. The van der Waals surface area contributed by atoms with E-state index in [2.05, 4.69) is 40.7 Å². The lowest BCUT2D eigenvalue weighted by atomic mass is 9.98. The lowest BCUT2D eigenvalue weighted by Crippen LogP contribution is -2.23. The fourth-order valence-corrected chi connectivity index (χ4v) is 4.20. The standard InChI is InChI=1S/C29H27N3O4/c33-26(23-10-12-27-28(18-23)36-17-16-35-27)11-13-29(34)30-19-24-4-1-2-5-25(24)22-8-6-21(7-9-22)20-32-15-3-14-31-32/h1-10,12,14-15,18H,11,13,16-17,19-20H2,(H,30,34). The van der Waals surface area contributed by atoms with Gasteiger partial charge in [0, 0.05) is 37.3 Å². The van der Waals surface area contributed by atoms with Crippen molar-refractivity contribution in [3.05, 3.63) is 102 Å². The van der Waals surface area contributed by atoms with Crippen LogP contribution in [-0.4, -0.2) is 34.7 Å². The van der Waals surface area contributed by atoms with Crippen LogP contribution in [0.1, 0.15) is 34.3 Å². The van der Waals surface area contributed by atoms with Crippen molar-refractivity contribution in [1.29, 1.82) is 0 Å². The van der Waals surface area contributed by atoms with E-state index in [0.29, 0.717) is 36.8 Å². The molecular weight excluding hydrogens is 454 g/mol. The van der Waals surface area contributed by atoms with Crippen molar-refractivity contribution in [3.63, 3.8) is 0 Å². The number of carbonyl (C=O) groups is 2. The van der Waals surface area contributed by atoms with Gasteiger partial charge >= 0.3 is 0 Å². The monoisotopic (exact) mass is 481 g/mol. The predicted octanol–water partition coefficient (Wildman–Crippen LogP) is 4.65. The molecule has 0 atom stereocenters. The van der Waals surface area contributed by atoms with E-state index in [9.17, 15) is 9.59 Å². The summed E-state index contributed by atoms with van der Waals surface area (Å²) in [5, 5.41) is 7.21. The lowest BCUT2D eigenvalue weighted by Gasteiger charge is -2.18. The van der Waals surface area contributed by atoms with E-state index in [1.807, 2.05) is 35.1 Å². The molecule has 0 aliphatic carbocycles. The summed E-state index contributed by atoms with van der Waals surface area (Å²) in [6, 6.07) is 23.4. The highest BCUT2D eigenvalue weighted by atomic mass is 16.6. The first kappa shape index (κ1) is 23.4. The van der Waals surface area contributed by atoms with E-state index in [4.69, 9.17) is 9.47 Å². The Morgan fingerprint density at radius 1 is 0.889 bits per heavy atom. The van der Waals surface area contributed by atoms with Crippen LogP contribution >= 0.6 is 0 Å². The Bertz CT molecular complexity index is 1350. The minimum atomic E-state index is -0.162. The number of benzene rings is 3. The predicted molar refractivity (Wildman–Crippen MR) is 136 cm³/mol. The zero-order valence-corrected chi connectivity index (χ0v) is 19.9. The molecule has 182 valence electrons. The van der Waals surface area contributed by atoms with Crippen molar-refractivity contribution >= 4 is 11.7 Å². The second kappa shape index (κ2) is 10.9. The smallest absolute Gasteiger partial charge is 0.220 e. The summed E-state index contributed by atoms with van der Waals surface area (Å²) in [5.41, 5.74) is 4.85. The fraction of sp³-hybridized carbons (Fsp3) is 0.207. The van der Waals surface area contributed by atoms with Crippen LogP contribution in [0.25, 0.3) is 11.1 Å². The van der Waals surface area contributed by atoms with E-state index in [1.54, 1.807) is 24.4 Å². The number of nitrogens with zero attached hydrogens (tertiary/aromatic N) is 2. The number of aromatic nitrogens is 2. The maximum absolute atomic E-state index is 12.6. The Morgan fingerprint density at radius 2 is 1.69 bits per heavy atom. The van der Waals surface area contributed by atoms with E-state index < -0.39 is 0 Å². The van der Waals surface area contributed by atoms with Gasteiger partial charge in [-0.2, -0.15) is 5.10 Å². The van der Waals surface area contributed by atoms with Crippen LogP contribution in [0.3, 0.4) is 0 Å². The molecule has 3 aromatic carbocycles. The van der Waals surface area contributed by atoms with Gasteiger partial charge in [-0.1, -0.05) is 48.5 Å². The molecule has 5 rings (SSSR count). The molecule has 2 heterocycles. The molecule has 0 spiro atoms. The van der Waals surface area contributed by atoms with Crippen molar-refractivity contribution in [1.82, 2.24) is 15.1 Å². The Labute approximate surface area is 209 Å². The molecule has 36 heavy (non-hydrogen) atoms. The molecule has 0 radical (unpaired) electrons. The number of nitrogens with one attached hydrogen (secondary N) is 1. The number of fused-ring (bicyclic) bond motifs is 1. The number of ether oxygens (including phenoxy) is 2. The van der Waals surface area contributed by atoms with Gasteiger partial charge in [0.1, 0.15) is 13.2 Å². The number of amides is 1. The molecular formula is C29H27N3O4. The SMILES string of the molecule is O=C(CCC(=O)c1ccc2c(c1)OCCO2)NCc1ccccc1-c1ccc(Cn2cccn2)cc1. The summed E-state index contributed by atoms with van der Waals surface area (Å²) in [6.07, 6.45) is 3.96. The van der Waals surface area contributed by atoms with Gasteiger partial charge in [0.05, 0.1) is 6.54 Å². The first-order valence-corrected chi connectivity index (χ1v) is 12.0. The van der Waals surface area contributed by atoms with Crippen molar-refractivity contribution in [3.8, 4) is 22.6 Å². The molecule has 0 saturated carbocycles. The highest BCUT2D eigenvalue weighted by Crippen LogP contribution is 2.31. The third kappa shape index (κ3) is 5.63. The van der Waals surface area contributed by atoms with Gasteiger partial charge in [0.25, 0.3) is 0 Å². The number of carbonyl (C=O) groups excluding carboxylic acids is 2. The number of ketones is 1. The lowest BCUT2D eigenvalue weighted by molar-refractivity contribution is -0.121. The van der Waals surface area contributed by atoms with Crippen LogP contribution in [-0.2, 0) is 17.9 Å². The second-order valence-electron chi connectivity index (χ2n) is 8.62. The van der Waals surface area contributed by atoms with Gasteiger partial charge in [-0.25, -0.2) is 0 Å². The summed E-state index contributed by atoms with van der Waals surface area (Å²) in [6.45, 7) is 2.07. The zero-order valence-electron chi connectivity index (χ0n) is 19.9. The molecule has 0 fully saturated rings. The van der Waals surface area contributed by atoms with Crippen molar-refractivity contribution in [2.75, 3.05) is 13.2 Å². The fourth-order valence-electron chi connectivity index (χ4n) is 4.20. The summed E-state index contributed by atoms with van der Waals surface area (Å²) < 4.78 is 12.9. The molecule has 1 amide bonds. The zero-order chi connectivity index (χ0) is 24.7. The van der Waals surface area contributed by atoms with E-state index in [-0.39, 0.29) is 24.5 Å². The molecule has 0 unspecified atom stereocenters. The maximum atomic E-state index is 12.6. The Morgan fingerprint density at radius 3 is 2.50 bits per heavy atom. The van der Waals surface area contributed by atoms with Gasteiger partial charge in [0.2, 0.25) is 5.91 Å². The summed E-state index contributed by atoms with van der Waals surface area (Å²) in [4.78, 5) is 25.1. The Hall–Kier alpha value is -4.39. The highest BCUT2D eigenvalue weighted by Gasteiger charge is 2.16. The largest absolute Gasteiger partial charge is 0.486 e. The first-order chi connectivity index (χ1) is 17.7. The molecule has 1 aromatic heterocycles. The van der Waals surface area contributed by atoms with Gasteiger partial charge in [-0.15, -0.1) is 0 Å². The minimum absolute atomic E-state index is 0.0993. The number of hydrogen-bond donors (Lipinski definition) is 1. The molecule has 1 N–H and O–H groups in total. The number of Topliss-reactive ketones (excluding diaryl/α,β-unsaturated/α-hetero) is 1.